The van der Waals surface area contributed by atoms with Crippen molar-refractivity contribution in [2.45, 2.75) is 26.4 Å². The molecule has 0 saturated heterocycles. The van der Waals surface area contributed by atoms with Crippen LogP contribution in [0.25, 0.3) is 10.8 Å². The van der Waals surface area contributed by atoms with Gasteiger partial charge in [0.15, 0.2) is 11.6 Å². The van der Waals surface area contributed by atoms with Crippen molar-refractivity contribution in [1.29, 1.82) is 0 Å². The van der Waals surface area contributed by atoms with Crippen LogP contribution in [0.4, 0.5) is 19.3 Å². The molecule has 0 fully saturated rings. The van der Waals surface area contributed by atoms with Crippen LogP contribution in [0.3, 0.4) is 0 Å². The predicted octanol–water partition coefficient (Wildman–Crippen LogP) is 4.93. The molecule has 0 bridgehead atoms. The zero-order valence-corrected chi connectivity index (χ0v) is 13.7. The maximum Gasteiger partial charge on any atom is 0.412 e. The van der Waals surface area contributed by atoms with Gasteiger partial charge in [-0.3, -0.25) is 5.32 Å². The third kappa shape index (κ3) is 3.47. The maximum absolute atomic E-state index is 13.4. The molecule has 7 heteroatoms. The lowest BCUT2D eigenvalue weighted by molar-refractivity contribution is 0.0636. The van der Waals surface area contributed by atoms with Gasteiger partial charge in [-0.2, -0.15) is 4.39 Å². The molecule has 0 unspecified atom stereocenters. The molecule has 0 aliphatic carbocycles. The number of amides is 1. The third-order valence-corrected chi connectivity index (χ3v) is 3.33. The molecule has 0 aliphatic rings. The number of rotatable bonds is 1. The maximum atomic E-state index is 13.4. The second-order valence-corrected chi connectivity index (χ2v) is 6.56. The number of anilines is 1. The van der Waals surface area contributed by atoms with Gasteiger partial charge in [-0.25, -0.2) is 9.18 Å². The molecule has 2 aromatic carbocycles. The van der Waals surface area contributed by atoms with Gasteiger partial charge in [0.1, 0.15) is 5.60 Å². The lowest BCUT2D eigenvalue weighted by Gasteiger charge is -2.20. The highest BCUT2D eigenvalue weighted by Crippen LogP contribution is 2.37. The summed E-state index contributed by atoms with van der Waals surface area (Å²) in [4.78, 5) is 11.7. The van der Waals surface area contributed by atoms with E-state index < -0.39 is 29.1 Å². The van der Waals surface area contributed by atoms with Crippen molar-refractivity contribution in [3.8, 4) is 5.75 Å². The minimum atomic E-state index is -1.32. The quantitative estimate of drug-likeness (QED) is 0.744. The molecule has 0 aromatic heterocycles. The Morgan fingerprint density at radius 1 is 1.27 bits per heavy atom. The van der Waals surface area contributed by atoms with Gasteiger partial charge in [-0.1, -0.05) is 0 Å². The average molecular weight is 374 g/mol. The molecular weight excluding hydrogens is 360 g/mol. The minimum Gasteiger partial charge on any atom is -0.504 e. The van der Waals surface area contributed by atoms with E-state index in [4.69, 9.17) is 4.74 Å². The number of aromatic hydroxyl groups is 1. The van der Waals surface area contributed by atoms with Crippen molar-refractivity contribution in [3.63, 3.8) is 0 Å². The summed E-state index contributed by atoms with van der Waals surface area (Å²) in [6, 6.07) is 3.81. The zero-order valence-electron chi connectivity index (χ0n) is 12.1. The minimum absolute atomic E-state index is 0.119. The smallest absolute Gasteiger partial charge is 0.412 e. The van der Waals surface area contributed by atoms with E-state index in [1.54, 1.807) is 20.8 Å². The van der Waals surface area contributed by atoms with E-state index in [-0.39, 0.29) is 10.8 Å². The number of phenolic OH excluding ortho intramolecular Hbond substituents is 1. The molecule has 2 rings (SSSR count). The van der Waals surface area contributed by atoms with Crippen LogP contribution in [-0.4, -0.2) is 16.8 Å². The number of hydrogen-bond acceptors (Lipinski definition) is 3. The molecule has 2 aromatic rings. The van der Waals surface area contributed by atoms with Gasteiger partial charge in [0.05, 0.1) is 0 Å². The Labute approximate surface area is 134 Å². The Balaban J connectivity index is 2.42. The molecule has 4 nitrogen and oxygen atoms in total. The Hall–Kier alpha value is -1.89. The number of phenols is 1. The van der Waals surface area contributed by atoms with Crippen LogP contribution >= 0.6 is 15.9 Å². The molecule has 22 heavy (non-hydrogen) atoms. The number of benzene rings is 2. The van der Waals surface area contributed by atoms with E-state index in [0.29, 0.717) is 10.2 Å². The highest BCUT2D eigenvalue weighted by atomic mass is 79.9. The van der Waals surface area contributed by atoms with Crippen molar-refractivity contribution < 1.29 is 23.4 Å². The van der Waals surface area contributed by atoms with Crippen LogP contribution in [0.5, 0.6) is 5.75 Å². The van der Waals surface area contributed by atoms with E-state index in [1.165, 1.54) is 12.1 Å². The molecular formula is C15H14BrF2NO3. The van der Waals surface area contributed by atoms with E-state index in [9.17, 15) is 18.7 Å². The fourth-order valence-corrected chi connectivity index (χ4v) is 2.57. The van der Waals surface area contributed by atoms with Gasteiger partial charge in [0.2, 0.25) is 5.82 Å². The van der Waals surface area contributed by atoms with Gasteiger partial charge in [-0.05, 0) is 60.3 Å². The largest absolute Gasteiger partial charge is 0.504 e. The number of ether oxygens (including phenoxy) is 1. The van der Waals surface area contributed by atoms with E-state index in [2.05, 4.69) is 21.2 Å². The first kappa shape index (κ1) is 16.5. The molecule has 118 valence electrons. The van der Waals surface area contributed by atoms with Crippen LogP contribution in [0.2, 0.25) is 0 Å². The number of fused-ring (bicyclic) bond motifs is 1. The topological polar surface area (TPSA) is 58.6 Å². The van der Waals surface area contributed by atoms with Gasteiger partial charge >= 0.3 is 6.09 Å². The summed E-state index contributed by atoms with van der Waals surface area (Å²) in [6.45, 7) is 5.16. The predicted molar refractivity (Wildman–Crippen MR) is 83.1 cm³/mol. The second-order valence-electron chi connectivity index (χ2n) is 5.70. The van der Waals surface area contributed by atoms with Gasteiger partial charge < -0.3 is 9.84 Å². The molecule has 0 spiro atoms. The first-order chi connectivity index (χ1) is 10.1. The van der Waals surface area contributed by atoms with Crippen molar-refractivity contribution in [2.24, 2.45) is 0 Å². The molecule has 0 atom stereocenters. The second kappa shape index (κ2) is 5.72. The number of nitrogens with one attached hydrogen (secondary N) is 1. The van der Waals surface area contributed by atoms with Crippen LogP contribution < -0.4 is 5.32 Å². The highest BCUT2D eigenvalue weighted by molar-refractivity contribution is 9.10. The lowest BCUT2D eigenvalue weighted by atomic mass is 10.1. The Morgan fingerprint density at radius 3 is 2.50 bits per heavy atom. The molecule has 0 radical (unpaired) electrons. The van der Waals surface area contributed by atoms with Gasteiger partial charge in [0, 0.05) is 15.5 Å². The number of carbonyl (C=O) groups is 1. The van der Waals surface area contributed by atoms with Crippen molar-refractivity contribution >= 4 is 38.5 Å². The summed E-state index contributed by atoms with van der Waals surface area (Å²) in [5.41, 5.74) is -0.342. The van der Waals surface area contributed by atoms with Crippen LogP contribution in [0.1, 0.15) is 20.8 Å². The van der Waals surface area contributed by atoms with E-state index in [1.807, 2.05) is 0 Å². The third-order valence-electron chi connectivity index (χ3n) is 2.70. The zero-order chi connectivity index (χ0) is 16.7. The fraction of sp³-hybridized carbons (Fsp3) is 0.267. The first-order valence-electron chi connectivity index (χ1n) is 6.38. The molecule has 0 heterocycles. The summed E-state index contributed by atoms with van der Waals surface area (Å²) >= 11 is 3.17. The van der Waals surface area contributed by atoms with Crippen LogP contribution in [0, 0.1) is 11.6 Å². The Morgan fingerprint density at radius 2 is 1.91 bits per heavy atom. The average Bonchev–Trinajstić information content (AvgIpc) is 2.32. The summed E-state index contributed by atoms with van der Waals surface area (Å²) in [7, 11) is 0. The van der Waals surface area contributed by atoms with E-state index in [0.717, 1.165) is 6.07 Å². The Bertz CT molecular complexity index is 757. The summed E-state index contributed by atoms with van der Waals surface area (Å²) in [5.74, 6) is -3.28. The molecule has 0 saturated carbocycles. The number of carbonyl (C=O) groups excluding carboxylic acids is 1. The normalized spacial score (nSPS) is 11.5. The summed E-state index contributed by atoms with van der Waals surface area (Å²) in [5, 5.41) is 12.5. The standard InChI is InChI=1S/C15H14BrF2NO3/c1-15(2,3)22-14(21)19-8-4-7-5-10(17)12(18)13(20)11(7)9(16)6-8/h4-6,20H,1-3H3,(H,19,21). The first-order valence-corrected chi connectivity index (χ1v) is 7.18. The molecule has 1 amide bonds. The van der Waals surface area contributed by atoms with E-state index >= 15 is 0 Å². The van der Waals surface area contributed by atoms with Crippen LogP contribution in [-0.2, 0) is 4.74 Å². The van der Waals surface area contributed by atoms with Crippen molar-refractivity contribution in [2.75, 3.05) is 5.32 Å². The van der Waals surface area contributed by atoms with Gasteiger partial charge in [0.25, 0.3) is 0 Å². The SMILES string of the molecule is CC(C)(C)OC(=O)Nc1cc(Br)c2c(O)c(F)c(F)cc2c1. The van der Waals surface area contributed by atoms with Crippen LogP contribution in [0.15, 0.2) is 22.7 Å². The Kier molecular flexibility index (Phi) is 4.28. The molecule has 2 N–H and O–H groups in total. The lowest BCUT2D eigenvalue weighted by Crippen LogP contribution is -2.27. The van der Waals surface area contributed by atoms with Crippen molar-refractivity contribution in [3.05, 3.63) is 34.3 Å². The summed E-state index contributed by atoms with van der Waals surface area (Å²) in [6.07, 6.45) is -0.675. The fourth-order valence-electron chi connectivity index (χ4n) is 1.91. The van der Waals surface area contributed by atoms with Crippen molar-refractivity contribution in [1.82, 2.24) is 0 Å². The number of halogens is 3. The highest BCUT2D eigenvalue weighted by Gasteiger charge is 2.19. The summed E-state index contributed by atoms with van der Waals surface area (Å²) < 4.78 is 32.2. The monoisotopic (exact) mass is 373 g/mol. The molecule has 0 aliphatic heterocycles. The number of hydrogen-bond donors (Lipinski definition) is 2. The van der Waals surface area contributed by atoms with Gasteiger partial charge in [-0.15, -0.1) is 0 Å².